The first kappa shape index (κ1) is 22.4. The van der Waals surface area contributed by atoms with E-state index in [0.29, 0.717) is 41.1 Å². The van der Waals surface area contributed by atoms with E-state index in [9.17, 15) is 9.59 Å². The highest BCUT2D eigenvalue weighted by Crippen LogP contribution is 2.23. The molecule has 1 saturated heterocycles. The number of amides is 3. The van der Waals surface area contributed by atoms with Crippen molar-refractivity contribution in [3.8, 4) is 0 Å². The molecule has 1 aromatic heterocycles. The predicted octanol–water partition coefficient (Wildman–Crippen LogP) is 2.65. The largest absolute Gasteiger partial charge is 0.467 e. The fraction of sp³-hybridized carbons (Fsp3) is 0.400. The smallest absolute Gasteiger partial charge is 0.315 e. The number of halogens is 2. The quantitative estimate of drug-likeness (QED) is 0.597. The summed E-state index contributed by atoms with van der Waals surface area (Å²) in [7, 11) is 1.54. The summed E-state index contributed by atoms with van der Waals surface area (Å²) in [5, 5.41) is 9.09. The van der Waals surface area contributed by atoms with Crippen LogP contribution >= 0.6 is 23.2 Å². The monoisotopic (exact) mass is 454 g/mol. The molecule has 162 valence electrons. The lowest BCUT2D eigenvalue weighted by atomic mass is 10.2. The molecule has 0 unspecified atom stereocenters. The van der Waals surface area contributed by atoms with Gasteiger partial charge in [0.05, 0.1) is 34.9 Å². The maximum Gasteiger partial charge on any atom is 0.315 e. The Hall–Kier alpha value is -2.26. The number of hydrogen-bond acceptors (Lipinski definition) is 5. The molecule has 2 aromatic rings. The number of ether oxygens (including phenoxy) is 1. The summed E-state index contributed by atoms with van der Waals surface area (Å²) in [6.45, 7) is 3.37. The number of benzene rings is 1. The van der Waals surface area contributed by atoms with Gasteiger partial charge in [0.25, 0.3) is 5.91 Å². The van der Waals surface area contributed by atoms with E-state index in [0.717, 1.165) is 18.7 Å². The Morgan fingerprint density at radius 1 is 1.20 bits per heavy atom. The Balaban J connectivity index is 1.40. The van der Waals surface area contributed by atoms with Crippen LogP contribution in [0.2, 0.25) is 10.0 Å². The third-order valence-corrected chi connectivity index (χ3v) is 5.41. The number of carbonyl (C=O) groups is 2. The predicted molar refractivity (Wildman–Crippen MR) is 114 cm³/mol. The van der Waals surface area contributed by atoms with Gasteiger partial charge in [0, 0.05) is 33.2 Å². The Kier molecular flexibility index (Phi) is 7.98. The molecule has 0 spiro atoms. The van der Waals surface area contributed by atoms with E-state index in [1.54, 1.807) is 19.2 Å². The van der Waals surface area contributed by atoms with E-state index in [1.165, 1.54) is 6.26 Å². The van der Waals surface area contributed by atoms with Crippen LogP contribution in [-0.4, -0.2) is 56.2 Å². The molecule has 1 fully saturated rings. The number of urea groups is 1. The minimum absolute atomic E-state index is 0.115. The summed E-state index contributed by atoms with van der Waals surface area (Å²) in [6.07, 6.45) is 1.24. The van der Waals surface area contributed by atoms with Crippen LogP contribution < -0.4 is 16.0 Å². The maximum absolute atomic E-state index is 12.1. The lowest BCUT2D eigenvalue weighted by molar-refractivity contribution is -0.0287. The van der Waals surface area contributed by atoms with E-state index in [2.05, 4.69) is 20.9 Å². The number of rotatable bonds is 7. The summed E-state index contributed by atoms with van der Waals surface area (Å²) in [5.74, 6) is 0.250. The first-order chi connectivity index (χ1) is 14.4. The molecular weight excluding hydrogens is 431 g/mol. The van der Waals surface area contributed by atoms with Gasteiger partial charge >= 0.3 is 6.03 Å². The average Bonchev–Trinajstić information content (AvgIpc) is 3.22. The maximum atomic E-state index is 12.1. The summed E-state index contributed by atoms with van der Waals surface area (Å²) >= 11 is 12.1. The molecule has 1 aliphatic heterocycles. The molecule has 3 N–H and O–H groups in total. The molecule has 0 saturated carbocycles. The molecule has 1 aromatic carbocycles. The molecule has 3 rings (SSSR count). The van der Waals surface area contributed by atoms with Crippen LogP contribution in [0.4, 0.5) is 4.79 Å². The van der Waals surface area contributed by atoms with Gasteiger partial charge in [-0.05, 0) is 23.8 Å². The number of hydrogen-bond donors (Lipinski definition) is 3. The lowest BCUT2D eigenvalue weighted by Gasteiger charge is -2.33. The molecule has 3 amide bonds. The Bertz CT molecular complexity index is 889. The second-order valence-corrected chi connectivity index (χ2v) is 7.74. The van der Waals surface area contributed by atoms with Gasteiger partial charge in [-0.15, -0.1) is 0 Å². The zero-order valence-electron chi connectivity index (χ0n) is 16.5. The van der Waals surface area contributed by atoms with Crippen molar-refractivity contribution < 1.29 is 18.7 Å². The summed E-state index contributed by atoms with van der Waals surface area (Å²) < 4.78 is 11.0. The lowest BCUT2D eigenvalue weighted by Crippen LogP contribution is -2.48. The standard InChI is InChI=1S/C20H24Cl2N4O4/c1-23-19(27)14-7-15(30-12-14)8-24-20(28)25-9-16-11-26(4-5-29-16)10-13-2-3-17(21)18(22)6-13/h2-3,6-7,12,16H,4-5,8-11H2,1H3,(H,23,27)(H2,24,25,28)/t16-/m0/s1. The molecule has 0 bridgehead atoms. The van der Waals surface area contributed by atoms with E-state index < -0.39 is 0 Å². The molecule has 30 heavy (non-hydrogen) atoms. The molecule has 8 nitrogen and oxygen atoms in total. The van der Waals surface area contributed by atoms with Crippen LogP contribution in [0.3, 0.4) is 0 Å². The van der Waals surface area contributed by atoms with Crippen LogP contribution in [-0.2, 0) is 17.8 Å². The van der Waals surface area contributed by atoms with Crippen molar-refractivity contribution in [3.63, 3.8) is 0 Å². The van der Waals surface area contributed by atoms with E-state index >= 15 is 0 Å². The highest BCUT2D eigenvalue weighted by Gasteiger charge is 2.21. The molecule has 0 radical (unpaired) electrons. The van der Waals surface area contributed by atoms with Gasteiger partial charge in [0.15, 0.2) is 0 Å². The first-order valence-electron chi connectivity index (χ1n) is 9.53. The van der Waals surface area contributed by atoms with Crippen molar-refractivity contribution in [1.29, 1.82) is 0 Å². The van der Waals surface area contributed by atoms with E-state index in [-0.39, 0.29) is 24.6 Å². The molecule has 10 heteroatoms. The van der Waals surface area contributed by atoms with Crippen LogP contribution in [0.5, 0.6) is 0 Å². The molecule has 1 aliphatic rings. The summed E-state index contributed by atoms with van der Waals surface area (Å²) in [4.78, 5) is 25.8. The SMILES string of the molecule is CNC(=O)c1coc(CNC(=O)NC[C@H]2CN(Cc3ccc(Cl)c(Cl)c3)CCO2)c1. The van der Waals surface area contributed by atoms with Gasteiger partial charge in [0.2, 0.25) is 0 Å². The third-order valence-electron chi connectivity index (χ3n) is 4.67. The van der Waals surface area contributed by atoms with Crippen molar-refractivity contribution in [3.05, 3.63) is 57.5 Å². The molecule has 2 heterocycles. The van der Waals surface area contributed by atoms with Gasteiger partial charge < -0.3 is 25.1 Å². The molecular formula is C20H24Cl2N4O4. The van der Waals surface area contributed by atoms with Crippen molar-refractivity contribution in [2.24, 2.45) is 0 Å². The topological polar surface area (TPSA) is 95.8 Å². The molecule has 1 atom stereocenters. The van der Waals surface area contributed by atoms with Gasteiger partial charge in [-0.25, -0.2) is 4.79 Å². The van der Waals surface area contributed by atoms with Crippen molar-refractivity contribution in [2.45, 2.75) is 19.2 Å². The Morgan fingerprint density at radius 2 is 2.03 bits per heavy atom. The summed E-state index contributed by atoms with van der Waals surface area (Å²) in [5.41, 5.74) is 1.48. The minimum atomic E-state index is -0.335. The fourth-order valence-electron chi connectivity index (χ4n) is 3.12. The highest BCUT2D eigenvalue weighted by atomic mass is 35.5. The van der Waals surface area contributed by atoms with Crippen LogP contribution in [0, 0.1) is 0 Å². The fourth-order valence-corrected chi connectivity index (χ4v) is 3.44. The van der Waals surface area contributed by atoms with Gasteiger partial charge in [-0.2, -0.15) is 0 Å². The van der Waals surface area contributed by atoms with Crippen molar-refractivity contribution >= 4 is 35.1 Å². The Labute approximate surface area is 184 Å². The number of morpholine rings is 1. The minimum Gasteiger partial charge on any atom is -0.467 e. The number of furan rings is 1. The molecule has 0 aliphatic carbocycles. The number of carbonyl (C=O) groups excluding carboxylic acids is 2. The van der Waals surface area contributed by atoms with Crippen LogP contribution in [0.1, 0.15) is 21.7 Å². The highest BCUT2D eigenvalue weighted by molar-refractivity contribution is 6.42. The van der Waals surface area contributed by atoms with Crippen molar-refractivity contribution in [1.82, 2.24) is 20.9 Å². The van der Waals surface area contributed by atoms with Gasteiger partial charge in [0.1, 0.15) is 12.0 Å². The average molecular weight is 455 g/mol. The second kappa shape index (κ2) is 10.7. The zero-order chi connectivity index (χ0) is 21.5. The van der Waals surface area contributed by atoms with Gasteiger partial charge in [-0.1, -0.05) is 29.3 Å². The normalized spacial score (nSPS) is 16.8. The first-order valence-corrected chi connectivity index (χ1v) is 10.3. The third kappa shape index (κ3) is 6.37. The van der Waals surface area contributed by atoms with E-state index in [4.69, 9.17) is 32.4 Å². The van der Waals surface area contributed by atoms with Gasteiger partial charge in [-0.3, -0.25) is 9.69 Å². The van der Waals surface area contributed by atoms with Crippen LogP contribution in [0.15, 0.2) is 34.9 Å². The number of nitrogens with one attached hydrogen (secondary N) is 3. The van der Waals surface area contributed by atoms with Crippen LogP contribution in [0.25, 0.3) is 0 Å². The van der Waals surface area contributed by atoms with E-state index in [1.807, 2.05) is 12.1 Å². The Morgan fingerprint density at radius 3 is 2.80 bits per heavy atom. The van der Waals surface area contributed by atoms with Crippen molar-refractivity contribution in [2.75, 3.05) is 33.3 Å². The zero-order valence-corrected chi connectivity index (χ0v) is 18.1. The summed E-state index contributed by atoms with van der Waals surface area (Å²) in [6, 6.07) is 6.86. The number of nitrogens with zero attached hydrogens (tertiary/aromatic N) is 1. The second-order valence-electron chi connectivity index (χ2n) is 6.92.